The van der Waals surface area contributed by atoms with Crippen LogP contribution in [0.3, 0.4) is 0 Å². The monoisotopic (exact) mass is 291 g/mol. The molecule has 0 saturated carbocycles. The average Bonchev–Trinajstić information content (AvgIpc) is 2.44. The summed E-state index contributed by atoms with van der Waals surface area (Å²) in [5, 5.41) is 11.7. The first-order chi connectivity index (χ1) is 9.91. The van der Waals surface area contributed by atoms with Gasteiger partial charge in [0.05, 0.1) is 0 Å². The quantitative estimate of drug-likeness (QED) is 0.741. The number of carbonyl (C=O) groups excluding carboxylic acids is 2. The zero-order chi connectivity index (χ0) is 15.6. The molecule has 0 fully saturated rings. The summed E-state index contributed by atoms with van der Waals surface area (Å²) in [6.07, 6.45) is 0.578. The fourth-order valence-electron chi connectivity index (χ4n) is 2.59. The molecule has 0 bridgehead atoms. The molecule has 4 N–H and O–H groups in total. The van der Waals surface area contributed by atoms with Crippen LogP contribution in [0.5, 0.6) is 0 Å². The molecule has 3 amide bonds. The third-order valence-electron chi connectivity index (χ3n) is 3.53. The average molecular weight is 291 g/mol. The predicted molar refractivity (Wildman–Crippen MR) is 74.4 cm³/mol. The Labute approximate surface area is 121 Å². The van der Waals surface area contributed by atoms with Crippen molar-refractivity contribution >= 4 is 17.9 Å². The minimum atomic E-state index is -1.10. The third kappa shape index (κ3) is 2.96. The molecule has 112 valence electrons. The number of carboxylic acids is 1. The number of hydrogen-bond acceptors (Lipinski definition) is 3. The number of benzene rings is 1. The summed E-state index contributed by atoms with van der Waals surface area (Å²) < 4.78 is 0. The van der Waals surface area contributed by atoms with E-state index in [9.17, 15) is 19.5 Å². The van der Waals surface area contributed by atoms with Gasteiger partial charge in [0, 0.05) is 6.54 Å². The van der Waals surface area contributed by atoms with Gasteiger partial charge in [0.2, 0.25) is 5.91 Å². The van der Waals surface area contributed by atoms with Crippen molar-refractivity contribution in [3.63, 3.8) is 0 Å². The Hall–Kier alpha value is -2.57. The summed E-state index contributed by atoms with van der Waals surface area (Å²) in [5.41, 5.74) is 6.52. The van der Waals surface area contributed by atoms with Crippen LogP contribution in [-0.4, -0.2) is 40.5 Å². The number of fused-ring (bicyclic) bond motifs is 1. The fraction of sp³-hybridized carbons (Fsp3) is 0.357. The number of urea groups is 1. The van der Waals surface area contributed by atoms with Crippen LogP contribution < -0.4 is 11.1 Å². The number of carbonyl (C=O) groups is 3. The summed E-state index contributed by atoms with van der Waals surface area (Å²) in [7, 11) is 0. The molecule has 1 heterocycles. The lowest BCUT2D eigenvalue weighted by molar-refractivity contribution is -0.151. The number of aliphatic carboxylic acids is 1. The molecule has 0 aliphatic carbocycles. The van der Waals surface area contributed by atoms with Crippen molar-refractivity contribution in [2.45, 2.75) is 25.4 Å². The molecule has 2 unspecified atom stereocenters. The van der Waals surface area contributed by atoms with Crippen LogP contribution in [0.4, 0.5) is 4.79 Å². The van der Waals surface area contributed by atoms with E-state index in [1.807, 2.05) is 12.1 Å². The van der Waals surface area contributed by atoms with Gasteiger partial charge < -0.3 is 21.1 Å². The Morgan fingerprint density at radius 1 is 1.38 bits per heavy atom. The molecule has 1 aliphatic heterocycles. The molecule has 0 aromatic heterocycles. The topological polar surface area (TPSA) is 113 Å². The lowest BCUT2D eigenvalue weighted by atomic mass is 9.92. The number of rotatable bonds is 3. The minimum absolute atomic E-state index is 0.289. The molecule has 1 aromatic rings. The van der Waals surface area contributed by atoms with E-state index in [0.29, 0.717) is 12.0 Å². The Morgan fingerprint density at radius 2 is 2.05 bits per heavy atom. The van der Waals surface area contributed by atoms with Crippen LogP contribution in [0.1, 0.15) is 24.1 Å². The number of hydrogen-bond donors (Lipinski definition) is 3. The van der Waals surface area contributed by atoms with Crippen LogP contribution >= 0.6 is 0 Å². The molecule has 1 aromatic carbocycles. The number of nitrogens with one attached hydrogen (secondary N) is 1. The molecular weight excluding hydrogens is 274 g/mol. The second kappa shape index (κ2) is 5.82. The van der Waals surface area contributed by atoms with E-state index in [0.717, 1.165) is 5.56 Å². The van der Waals surface area contributed by atoms with Crippen molar-refractivity contribution < 1.29 is 19.5 Å². The number of carboxylic acid groups (broad SMARTS) is 1. The van der Waals surface area contributed by atoms with Gasteiger partial charge in [-0.2, -0.15) is 0 Å². The van der Waals surface area contributed by atoms with Crippen molar-refractivity contribution in [3.8, 4) is 0 Å². The van der Waals surface area contributed by atoms with Crippen LogP contribution in [-0.2, 0) is 16.0 Å². The molecule has 1 aliphatic rings. The summed E-state index contributed by atoms with van der Waals surface area (Å²) in [5.74, 6) is -1.56. The van der Waals surface area contributed by atoms with E-state index >= 15 is 0 Å². The largest absolute Gasteiger partial charge is 0.479 e. The molecule has 7 nitrogen and oxygen atoms in total. The second-order valence-electron chi connectivity index (χ2n) is 4.95. The standard InChI is InChI=1S/C14H17N3O4/c1-8(16-14(15)21)12(18)17-7-6-9-4-2-3-5-10(9)11(17)13(19)20/h2-5,8,11H,6-7H2,1H3,(H,19,20)(H3,15,16,21). The maximum atomic E-state index is 12.4. The maximum Gasteiger partial charge on any atom is 0.331 e. The Bertz CT molecular complexity index is 587. The highest BCUT2D eigenvalue weighted by atomic mass is 16.4. The Balaban J connectivity index is 2.30. The smallest absolute Gasteiger partial charge is 0.331 e. The highest BCUT2D eigenvalue weighted by molar-refractivity contribution is 5.90. The molecule has 2 atom stereocenters. The zero-order valence-corrected chi connectivity index (χ0v) is 11.6. The van der Waals surface area contributed by atoms with E-state index in [-0.39, 0.29) is 6.54 Å². The number of primary amides is 1. The van der Waals surface area contributed by atoms with Gasteiger partial charge in [-0.3, -0.25) is 4.79 Å². The van der Waals surface area contributed by atoms with E-state index in [2.05, 4.69) is 5.32 Å². The predicted octanol–water partition coefficient (Wildman–Crippen LogP) is 0.254. The Morgan fingerprint density at radius 3 is 2.67 bits per heavy atom. The van der Waals surface area contributed by atoms with Gasteiger partial charge >= 0.3 is 12.0 Å². The Kier molecular flexibility index (Phi) is 4.11. The van der Waals surface area contributed by atoms with Crippen LogP contribution in [0, 0.1) is 0 Å². The van der Waals surface area contributed by atoms with Gasteiger partial charge in [-0.05, 0) is 24.5 Å². The molecule has 2 rings (SSSR count). The van der Waals surface area contributed by atoms with Gasteiger partial charge in [0.15, 0.2) is 6.04 Å². The highest BCUT2D eigenvalue weighted by Gasteiger charge is 2.37. The van der Waals surface area contributed by atoms with Gasteiger partial charge in [0.25, 0.3) is 0 Å². The number of amides is 3. The minimum Gasteiger partial charge on any atom is -0.479 e. The van der Waals surface area contributed by atoms with Crippen molar-refractivity contribution in [1.29, 1.82) is 0 Å². The first-order valence-electron chi connectivity index (χ1n) is 6.59. The van der Waals surface area contributed by atoms with E-state index in [4.69, 9.17) is 5.73 Å². The zero-order valence-electron chi connectivity index (χ0n) is 11.6. The van der Waals surface area contributed by atoms with Gasteiger partial charge in [-0.25, -0.2) is 9.59 Å². The fourth-order valence-corrected chi connectivity index (χ4v) is 2.59. The third-order valence-corrected chi connectivity index (χ3v) is 3.53. The van der Waals surface area contributed by atoms with Crippen LogP contribution in [0.15, 0.2) is 24.3 Å². The normalized spacial score (nSPS) is 18.5. The molecule has 0 saturated heterocycles. The van der Waals surface area contributed by atoms with Crippen LogP contribution in [0.25, 0.3) is 0 Å². The first-order valence-corrected chi connectivity index (χ1v) is 6.59. The van der Waals surface area contributed by atoms with Crippen molar-refractivity contribution in [2.75, 3.05) is 6.54 Å². The lowest BCUT2D eigenvalue weighted by Gasteiger charge is -2.36. The summed E-state index contributed by atoms with van der Waals surface area (Å²) in [6.45, 7) is 1.77. The van der Waals surface area contributed by atoms with Gasteiger partial charge in [-0.1, -0.05) is 24.3 Å². The number of nitrogens with zero attached hydrogens (tertiary/aromatic N) is 1. The SMILES string of the molecule is CC(NC(N)=O)C(=O)N1CCc2ccccc2C1C(=O)O. The molecule has 0 spiro atoms. The van der Waals surface area contributed by atoms with E-state index in [1.165, 1.54) is 11.8 Å². The number of nitrogens with two attached hydrogens (primary N) is 1. The van der Waals surface area contributed by atoms with Crippen molar-refractivity contribution in [2.24, 2.45) is 5.73 Å². The maximum absolute atomic E-state index is 12.4. The van der Waals surface area contributed by atoms with Crippen molar-refractivity contribution in [3.05, 3.63) is 35.4 Å². The first kappa shape index (κ1) is 14.8. The summed E-state index contributed by atoms with van der Waals surface area (Å²) in [6, 6.07) is 4.42. The molecule has 0 radical (unpaired) electrons. The van der Waals surface area contributed by atoms with Gasteiger partial charge in [-0.15, -0.1) is 0 Å². The van der Waals surface area contributed by atoms with E-state index in [1.54, 1.807) is 12.1 Å². The van der Waals surface area contributed by atoms with Crippen molar-refractivity contribution in [1.82, 2.24) is 10.2 Å². The summed E-state index contributed by atoms with van der Waals surface area (Å²) >= 11 is 0. The molecule has 7 heteroatoms. The van der Waals surface area contributed by atoms with E-state index < -0.39 is 30.0 Å². The molecule has 21 heavy (non-hydrogen) atoms. The highest BCUT2D eigenvalue weighted by Crippen LogP contribution is 2.30. The molecular formula is C14H17N3O4. The van der Waals surface area contributed by atoms with Gasteiger partial charge in [0.1, 0.15) is 6.04 Å². The summed E-state index contributed by atoms with van der Waals surface area (Å²) in [4.78, 5) is 36.0. The second-order valence-corrected chi connectivity index (χ2v) is 4.95. The van der Waals surface area contributed by atoms with Crippen LogP contribution in [0.2, 0.25) is 0 Å². The lowest BCUT2D eigenvalue weighted by Crippen LogP contribution is -2.52.